The molecule has 122 valence electrons. The molecule has 1 aromatic carbocycles. The van der Waals surface area contributed by atoms with E-state index in [0.717, 1.165) is 11.3 Å². The molecule has 6 nitrogen and oxygen atoms in total. The summed E-state index contributed by atoms with van der Waals surface area (Å²) in [7, 11) is 1.61. The quantitative estimate of drug-likeness (QED) is 0.798. The van der Waals surface area contributed by atoms with Gasteiger partial charge >= 0.3 is 0 Å². The lowest BCUT2D eigenvalue weighted by Crippen LogP contribution is -2.35. The Hall–Kier alpha value is -1.79. The molecule has 2 amide bonds. The van der Waals surface area contributed by atoms with Crippen molar-refractivity contribution in [2.75, 3.05) is 26.7 Å². The monoisotopic (exact) mass is 327 g/mol. The third kappa shape index (κ3) is 4.61. The molecule has 1 atom stereocenters. The Morgan fingerprint density at radius 1 is 1.41 bits per heavy atom. The molecule has 0 bridgehead atoms. The summed E-state index contributed by atoms with van der Waals surface area (Å²) in [5.41, 5.74) is 6.37. The maximum atomic E-state index is 12.0. The SMILES string of the molecule is COc1ccc(CN2CC(C(=O)NCCN)CC2=O)cc1.Cl. The summed E-state index contributed by atoms with van der Waals surface area (Å²) in [5, 5.41) is 2.73. The summed E-state index contributed by atoms with van der Waals surface area (Å²) >= 11 is 0. The normalized spacial score (nSPS) is 17.1. The van der Waals surface area contributed by atoms with Gasteiger partial charge in [-0.2, -0.15) is 0 Å². The number of ether oxygens (including phenoxy) is 1. The van der Waals surface area contributed by atoms with Gasteiger partial charge in [0.05, 0.1) is 13.0 Å². The van der Waals surface area contributed by atoms with Crippen molar-refractivity contribution in [3.8, 4) is 5.75 Å². The predicted molar refractivity (Wildman–Crippen MR) is 85.8 cm³/mol. The van der Waals surface area contributed by atoms with Crippen LogP contribution >= 0.6 is 12.4 Å². The van der Waals surface area contributed by atoms with Gasteiger partial charge in [0.25, 0.3) is 0 Å². The number of hydrogen-bond donors (Lipinski definition) is 2. The van der Waals surface area contributed by atoms with Crippen LogP contribution in [0.15, 0.2) is 24.3 Å². The third-order valence-electron chi connectivity index (χ3n) is 3.56. The largest absolute Gasteiger partial charge is 0.497 e. The van der Waals surface area contributed by atoms with Crippen molar-refractivity contribution in [1.29, 1.82) is 0 Å². The smallest absolute Gasteiger partial charge is 0.225 e. The van der Waals surface area contributed by atoms with Gasteiger partial charge in [0.15, 0.2) is 0 Å². The second-order valence-electron chi connectivity index (χ2n) is 5.10. The topological polar surface area (TPSA) is 84.7 Å². The van der Waals surface area contributed by atoms with Crippen LogP contribution in [0.3, 0.4) is 0 Å². The minimum atomic E-state index is -0.276. The van der Waals surface area contributed by atoms with Crippen molar-refractivity contribution in [3.05, 3.63) is 29.8 Å². The van der Waals surface area contributed by atoms with E-state index in [4.69, 9.17) is 10.5 Å². The Labute approximate surface area is 136 Å². The van der Waals surface area contributed by atoms with Crippen LogP contribution in [0.4, 0.5) is 0 Å². The zero-order chi connectivity index (χ0) is 15.2. The standard InChI is InChI=1S/C15H21N3O3.ClH/c1-21-13-4-2-11(3-5-13)9-18-10-12(8-14(18)19)15(20)17-7-6-16;/h2-5,12H,6-10,16H2,1H3,(H,17,20);1H. The molecule has 1 aliphatic heterocycles. The van der Waals surface area contributed by atoms with Crippen LogP contribution in [0.1, 0.15) is 12.0 Å². The predicted octanol–water partition coefficient (Wildman–Crippen LogP) is 0.540. The van der Waals surface area contributed by atoms with Crippen LogP contribution < -0.4 is 15.8 Å². The van der Waals surface area contributed by atoms with Gasteiger partial charge in [-0.3, -0.25) is 9.59 Å². The number of benzene rings is 1. The highest BCUT2D eigenvalue weighted by Gasteiger charge is 2.33. The fourth-order valence-electron chi connectivity index (χ4n) is 2.39. The molecule has 2 rings (SSSR count). The number of rotatable bonds is 6. The highest BCUT2D eigenvalue weighted by atomic mass is 35.5. The van der Waals surface area contributed by atoms with Crippen molar-refractivity contribution in [2.24, 2.45) is 11.7 Å². The van der Waals surface area contributed by atoms with E-state index < -0.39 is 0 Å². The fourth-order valence-corrected chi connectivity index (χ4v) is 2.39. The Balaban J connectivity index is 0.00000242. The number of likely N-dealkylation sites (tertiary alicyclic amines) is 1. The first-order valence-electron chi connectivity index (χ1n) is 7.02. The summed E-state index contributed by atoms with van der Waals surface area (Å²) in [5.74, 6) is 0.428. The molecular formula is C15H22ClN3O3. The first-order chi connectivity index (χ1) is 10.1. The number of carbonyl (C=O) groups excluding carboxylic acids is 2. The van der Waals surface area contributed by atoms with E-state index in [-0.39, 0.29) is 36.6 Å². The number of halogens is 1. The van der Waals surface area contributed by atoms with Gasteiger partial charge in [-0.25, -0.2) is 0 Å². The third-order valence-corrected chi connectivity index (χ3v) is 3.56. The minimum Gasteiger partial charge on any atom is -0.497 e. The molecule has 1 heterocycles. The second kappa shape index (κ2) is 8.60. The molecule has 0 aromatic heterocycles. The molecule has 7 heteroatoms. The lowest BCUT2D eigenvalue weighted by atomic mass is 10.1. The van der Waals surface area contributed by atoms with Gasteiger partial charge in [0.2, 0.25) is 11.8 Å². The summed E-state index contributed by atoms with van der Waals surface area (Å²) in [6.45, 7) is 1.83. The van der Waals surface area contributed by atoms with E-state index in [1.165, 1.54) is 0 Å². The summed E-state index contributed by atoms with van der Waals surface area (Å²) in [4.78, 5) is 25.6. The van der Waals surface area contributed by atoms with Crippen LogP contribution in [-0.2, 0) is 16.1 Å². The van der Waals surface area contributed by atoms with Gasteiger partial charge in [-0.05, 0) is 17.7 Å². The van der Waals surface area contributed by atoms with Gasteiger partial charge < -0.3 is 20.7 Å². The van der Waals surface area contributed by atoms with E-state index in [9.17, 15) is 9.59 Å². The van der Waals surface area contributed by atoms with Crippen molar-refractivity contribution in [1.82, 2.24) is 10.2 Å². The Kier molecular flexibility index (Phi) is 7.14. The molecule has 22 heavy (non-hydrogen) atoms. The van der Waals surface area contributed by atoms with Gasteiger partial charge in [0, 0.05) is 32.6 Å². The number of methoxy groups -OCH3 is 1. The van der Waals surface area contributed by atoms with E-state index in [0.29, 0.717) is 26.2 Å². The fraction of sp³-hybridized carbons (Fsp3) is 0.467. The zero-order valence-electron chi connectivity index (χ0n) is 12.6. The summed E-state index contributed by atoms with van der Waals surface area (Å²) in [6.07, 6.45) is 0.270. The first-order valence-corrected chi connectivity index (χ1v) is 7.02. The Morgan fingerprint density at radius 3 is 2.68 bits per heavy atom. The highest BCUT2D eigenvalue weighted by molar-refractivity contribution is 5.89. The van der Waals surface area contributed by atoms with E-state index in [1.807, 2.05) is 24.3 Å². The van der Waals surface area contributed by atoms with E-state index in [2.05, 4.69) is 5.32 Å². The number of hydrogen-bond acceptors (Lipinski definition) is 4. The van der Waals surface area contributed by atoms with Crippen LogP contribution in [0.5, 0.6) is 5.75 Å². The maximum absolute atomic E-state index is 12.0. The van der Waals surface area contributed by atoms with Crippen molar-refractivity contribution < 1.29 is 14.3 Å². The molecule has 0 radical (unpaired) electrons. The Bertz CT molecular complexity index is 507. The molecule has 1 saturated heterocycles. The lowest BCUT2D eigenvalue weighted by Gasteiger charge is -2.17. The maximum Gasteiger partial charge on any atom is 0.225 e. The molecular weight excluding hydrogens is 306 g/mol. The molecule has 0 saturated carbocycles. The lowest BCUT2D eigenvalue weighted by molar-refractivity contribution is -0.129. The average Bonchev–Trinajstić information content (AvgIpc) is 2.87. The van der Waals surface area contributed by atoms with Crippen molar-refractivity contribution in [3.63, 3.8) is 0 Å². The van der Waals surface area contributed by atoms with Crippen molar-refractivity contribution >= 4 is 24.2 Å². The van der Waals surface area contributed by atoms with Gasteiger partial charge in [-0.1, -0.05) is 12.1 Å². The van der Waals surface area contributed by atoms with E-state index in [1.54, 1.807) is 12.0 Å². The van der Waals surface area contributed by atoms with Crippen LogP contribution in [-0.4, -0.2) is 43.5 Å². The molecule has 1 unspecified atom stereocenters. The highest BCUT2D eigenvalue weighted by Crippen LogP contribution is 2.21. The van der Waals surface area contributed by atoms with Gasteiger partial charge in [-0.15, -0.1) is 12.4 Å². The van der Waals surface area contributed by atoms with Gasteiger partial charge in [0.1, 0.15) is 5.75 Å². The van der Waals surface area contributed by atoms with Crippen LogP contribution in [0.2, 0.25) is 0 Å². The zero-order valence-corrected chi connectivity index (χ0v) is 13.4. The molecule has 0 spiro atoms. The second-order valence-corrected chi connectivity index (χ2v) is 5.10. The van der Waals surface area contributed by atoms with Crippen LogP contribution in [0, 0.1) is 5.92 Å². The molecule has 0 aliphatic carbocycles. The van der Waals surface area contributed by atoms with Crippen molar-refractivity contribution in [2.45, 2.75) is 13.0 Å². The number of nitrogens with zero attached hydrogens (tertiary/aromatic N) is 1. The molecule has 1 fully saturated rings. The number of carbonyl (C=O) groups is 2. The summed E-state index contributed by atoms with van der Waals surface area (Å²) < 4.78 is 5.10. The van der Waals surface area contributed by atoms with Crippen LogP contribution in [0.25, 0.3) is 0 Å². The molecule has 1 aliphatic rings. The number of nitrogens with two attached hydrogens (primary N) is 1. The first kappa shape index (κ1) is 18.3. The summed E-state index contributed by atoms with van der Waals surface area (Å²) in [6, 6.07) is 7.57. The number of nitrogens with one attached hydrogen (secondary N) is 1. The minimum absolute atomic E-state index is 0. The molecule has 3 N–H and O–H groups in total. The average molecular weight is 328 g/mol. The van der Waals surface area contributed by atoms with E-state index >= 15 is 0 Å². The number of amides is 2. The molecule has 1 aromatic rings. The Morgan fingerprint density at radius 2 is 2.09 bits per heavy atom.